The zero-order valence-corrected chi connectivity index (χ0v) is 13.7. The third-order valence-electron chi connectivity index (χ3n) is 3.77. The molecule has 0 atom stereocenters. The summed E-state index contributed by atoms with van der Waals surface area (Å²) in [6.07, 6.45) is -0.138. The number of rotatable bonds is 5. The summed E-state index contributed by atoms with van der Waals surface area (Å²) in [5, 5.41) is 14.0. The number of nitrogens with one attached hydrogen (secondary N) is 1. The van der Waals surface area contributed by atoms with Crippen LogP contribution >= 0.6 is 0 Å². The van der Waals surface area contributed by atoms with Crippen molar-refractivity contribution in [1.82, 2.24) is 5.32 Å². The second kappa shape index (κ2) is 6.83. The van der Waals surface area contributed by atoms with E-state index in [1.54, 1.807) is 19.1 Å². The molecule has 6 heteroatoms. The van der Waals surface area contributed by atoms with Crippen LogP contribution in [-0.4, -0.2) is 24.2 Å². The molecule has 0 saturated heterocycles. The quantitative estimate of drug-likeness (QED) is 0.647. The summed E-state index contributed by atoms with van der Waals surface area (Å²) >= 11 is 0. The highest BCUT2D eigenvalue weighted by molar-refractivity contribution is 5.86. The van der Waals surface area contributed by atoms with E-state index in [4.69, 9.17) is 4.42 Å². The molecule has 0 amide bonds. The molecule has 1 aromatic carbocycles. The Balaban J connectivity index is 2.61. The first-order valence-corrected chi connectivity index (χ1v) is 7.42. The molecule has 0 aliphatic heterocycles. The third-order valence-corrected chi connectivity index (χ3v) is 3.77. The number of benzene rings is 1. The van der Waals surface area contributed by atoms with Gasteiger partial charge < -0.3 is 19.6 Å². The molecule has 1 heterocycles. The van der Waals surface area contributed by atoms with E-state index in [1.165, 1.54) is 7.11 Å². The van der Waals surface area contributed by atoms with Crippen molar-refractivity contribution in [2.75, 3.05) is 7.11 Å². The van der Waals surface area contributed by atoms with Crippen molar-refractivity contribution in [3.63, 3.8) is 0 Å². The van der Waals surface area contributed by atoms with Gasteiger partial charge in [0.05, 0.1) is 24.7 Å². The number of ether oxygens (including phenoxy) is 1. The molecule has 124 valence electrons. The summed E-state index contributed by atoms with van der Waals surface area (Å²) in [5.41, 5.74) is 1.22. The van der Waals surface area contributed by atoms with Crippen LogP contribution < -0.4 is 10.9 Å². The predicted octanol–water partition coefficient (Wildman–Crippen LogP) is 2.02. The number of carbonyl (C=O) groups excluding carboxylic acids is 1. The van der Waals surface area contributed by atoms with Crippen LogP contribution in [0.25, 0.3) is 11.0 Å². The summed E-state index contributed by atoms with van der Waals surface area (Å²) < 4.78 is 10.0. The standard InChI is InChI=1S/C17H21NO5/c1-9(2)18-8-13-14(19)6-5-11-10(3)12(7-15(20)22-4)17(21)23-16(11)13/h5-6,9,18-19H,7-8H2,1-4H3. The lowest BCUT2D eigenvalue weighted by Gasteiger charge is -2.13. The first kappa shape index (κ1) is 17.0. The highest BCUT2D eigenvalue weighted by Crippen LogP contribution is 2.29. The highest BCUT2D eigenvalue weighted by atomic mass is 16.5. The molecule has 1 aromatic heterocycles. The van der Waals surface area contributed by atoms with Gasteiger partial charge in [0.2, 0.25) is 0 Å². The van der Waals surface area contributed by atoms with E-state index in [0.717, 1.165) is 0 Å². The fourth-order valence-electron chi connectivity index (χ4n) is 2.40. The van der Waals surface area contributed by atoms with Gasteiger partial charge in [0.25, 0.3) is 0 Å². The number of phenols is 1. The van der Waals surface area contributed by atoms with E-state index in [2.05, 4.69) is 10.1 Å². The van der Waals surface area contributed by atoms with Crippen LogP contribution in [0.2, 0.25) is 0 Å². The maximum Gasteiger partial charge on any atom is 0.340 e. The summed E-state index contributed by atoms with van der Waals surface area (Å²) in [6.45, 7) is 6.10. The van der Waals surface area contributed by atoms with Crippen LogP contribution in [-0.2, 0) is 22.5 Å². The fraction of sp³-hybridized carbons (Fsp3) is 0.412. The second-order valence-electron chi connectivity index (χ2n) is 5.72. The van der Waals surface area contributed by atoms with Gasteiger partial charge in [0.15, 0.2) is 0 Å². The normalized spacial score (nSPS) is 11.2. The summed E-state index contributed by atoms with van der Waals surface area (Å²) in [4.78, 5) is 23.7. The van der Waals surface area contributed by atoms with Crippen molar-refractivity contribution in [2.24, 2.45) is 0 Å². The largest absolute Gasteiger partial charge is 0.507 e. The van der Waals surface area contributed by atoms with Crippen LogP contribution in [0, 0.1) is 6.92 Å². The van der Waals surface area contributed by atoms with Crippen LogP contribution in [0.1, 0.15) is 30.5 Å². The Morgan fingerprint density at radius 3 is 2.65 bits per heavy atom. The van der Waals surface area contributed by atoms with Gasteiger partial charge in [-0.05, 0) is 24.6 Å². The molecule has 0 radical (unpaired) electrons. The minimum atomic E-state index is -0.586. The Kier molecular flexibility index (Phi) is 5.05. The van der Waals surface area contributed by atoms with Gasteiger partial charge in [-0.25, -0.2) is 4.79 Å². The van der Waals surface area contributed by atoms with E-state index in [-0.39, 0.29) is 23.8 Å². The Morgan fingerprint density at radius 2 is 2.04 bits per heavy atom. The van der Waals surface area contributed by atoms with Gasteiger partial charge >= 0.3 is 11.6 Å². The first-order valence-electron chi connectivity index (χ1n) is 7.42. The van der Waals surface area contributed by atoms with E-state index >= 15 is 0 Å². The molecule has 0 fully saturated rings. The first-order chi connectivity index (χ1) is 10.8. The Labute approximate surface area is 134 Å². The number of hydrogen-bond acceptors (Lipinski definition) is 6. The van der Waals surface area contributed by atoms with Crippen molar-refractivity contribution in [3.8, 4) is 5.75 Å². The van der Waals surface area contributed by atoms with Crippen molar-refractivity contribution >= 4 is 16.9 Å². The van der Waals surface area contributed by atoms with Crippen LogP contribution in [0.3, 0.4) is 0 Å². The molecule has 0 spiro atoms. The third kappa shape index (κ3) is 3.53. The lowest BCUT2D eigenvalue weighted by atomic mass is 10.0. The van der Waals surface area contributed by atoms with Gasteiger partial charge in [-0.1, -0.05) is 13.8 Å². The molecule has 2 aromatic rings. The van der Waals surface area contributed by atoms with Gasteiger partial charge in [-0.2, -0.15) is 0 Å². The smallest absolute Gasteiger partial charge is 0.340 e. The molecule has 23 heavy (non-hydrogen) atoms. The van der Waals surface area contributed by atoms with Crippen molar-refractivity contribution in [1.29, 1.82) is 0 Å². The van der Waals surface area contributed by atoms with Crippen LogP contribution in [0.4, 0.5) is 0 Å². The van der Waals surface area contributed by atoms with Gasteiger partial charge in [0, 0.05) is 18.0 Å². The van der Waals surface area contributed by atoms with Gasteiger partial charge in [0.1, 0.15) is 11.3 Å². The van der Waals surface area contributed by atoms with E-state index in [1.807, 2.05) is 13.8 Å². The number of hydrogen-bond donors (Lipinski definition) is 2. The van der Waals surface area contributed by atoms with E-state index in [0.29, 0.717) is 28.6 Å². The van der Waals surface area contributed by atoms with Crippen molar-refractivity contribution in [2.45, 2.75) is 39.8 Å². The summed E-state index contributed by atoms with van der Waals surface area (Å²) in [5.74, 6) is -0.436. The SMILES string of the molecule is COC(=O)Cc1c(C)c2ccc(O)c(CNC(C)C)c2oc1=O. The van der Waals surface area contributed by atoms with E-state index < -0.39 is 11.6 Å². The molecule has 0 aliphatic rings. The zero-order valence-electron chi connectivity index (χ0n) is 13.7. The summed E-state index contributed by atoms with van der Waals surface area (Å²) in [7, 11) is 1.27. The summed E-state index contributed by atoms with van der Waals surface area (Å²) in [6, 6.07) is 3.47. The van der Waals surface area contributed by atoms with Gasteiger partial charge in [-0.15, -0.1) is 0 Å². The average Bonchev–Trinajstić information content (AvgIpc) is 2.49. The number of aromatic hydroxyl groups is 1. The maximum absolute atomic E-state index is 12.2. The topological polar surface area (TPSA) is 88.8 Å². The van der Waals surface area contributed by atoms with E-state index in [9.17, 15) is 14.7 Å². The second-order valence-corrected chi connectivity index (χ2v) is 5.72. The molecular weight excluding hydrogens is 298 g/mol. The molecule has 0 aliphatic carbocycles. The molecule has 2 rings (SSSR count). The number of carbonyl (C=O) groups is 1. The van der Waals surface area contributed by atoms with Crippen molar-refractivity contribution < 1.29 is 19.1 Å². The van der Waals surface area contributed by atoms with Crippen molar-refractivity contribution in [3.05, 3.63) is 39.2 Å². The fourth-order valence-corrected chi connectivity index (χ4v) is 2.40. The Hall–Kier alpha value is -2.34. The predicted molar refractivity (Wildman–Crippen MR) is 86.6 cm³/mol. The minimum Gasteiger partial charge on any atom is -0.507 e. The molecule has 0 saturated carbocycles. The minimum absolute atomic E-state index is 0.0638. The maximum atomic E-state index is 12.2. The molecule has 0 bridgehead atoms. The number of phenolic OH excluding ortho intramolecular Hbond substituents is 1. The molecule has 0 unspecified atom stereocenters. The molecule has 2 N–H and O–H groups in total. The lowest BCUT2D eigenvalue weighted by Crippen LogP contribution is -2.22. The number of fused-ring (bicyclic) bond motifs is 1. The Bertz CT molecular complexity index is 792. The highest BCUT2D eigenvalue weighted by Gasteiger charge is 2.18. The monoisotopic (exact) mass is 319 g/mol. The number of aryl methyl sites for hydroxylation is 1. The lowest BCUT2D eigenvalue weighted by molar-refractivity contribution is -0.139. The van der Waals surface area contributed by atoms with Crippen LogP contribution in [0.15, 0.2) is 21.3 Å². The number of methoxy groups -OCH3 is 1. The molecular formula is C17H21NO5. The Morgan fingerprint density at radius 1 is 1.35 bits per heavy atom. The zero-order chi connectivity index (χ0) is 17.1. The number of esters is 1. The van der Waals surface area contributed by atoms with Gasteiger partial charge in [-0.3, -0.25) is 4.79 Å². The van der Waals surface area contributed by atoms with Crippen LogP contribution in [0.5, 0.6) is 5.75 Å². The average molecular weight is 319 g/mol. The molecule has 6 nitrogen and oxygen atoms in total.